The summed E-state index contributed by atoms with van der Waals surface area (Å²) in [4.78, 5) is 7.56. The van der Waals surface area contributed by atoms with Crippen molar-refractivity contribution >= 4 is 53.3 Å². The van der Waals surface area contributed by atoms with Gasteiger partial charge in [-0.3, -0.25) is 0 Å². The van der Waals surface area contributed by atoms with Crippen LogP contribution in [-0.4, -0.2) is 18.4 Å². The van der Waals surface area contributed by atoms with Gasteiger partial charge in [0.15, 0.2) is 0 Å². The molecule has 0 radical (unpaired) electrons. The number of aryl methyl sites for hydroxylation is 1. The second-order valence-corrected chi connectivity index (χ2v) is 23.5. The molecule has 0 fully saturated rings. The first-order chi connectivity index (χ1) is 8.52. The topological polar surface area (TPSA) is 0 Å². The van der Waals surface area contributed by atoms with Crippen LogP contribution in [0.2, 0.25) is 14.8 Å². The van der Waals surface area contributed by atoms with E-state index in [4.69, 9.17) is 0 Å². The Labute approximate surface area is 123 Å². The van der Waals surface area contributed by atoms with Gasteiger partial charge in [0.05, 0.1) is 0 Å². The summed E-state index contributed by atoms with van der Waals surface area (Å²) in [5.74, 6) is 0. The van der Waals surface area contributed by atoms with E-state index >= 15 is 0 Å². The molecule has 0 spiro atoms. The van der Waals surface area contributed by atoms with Crippen molar-refractivity contribution in [2.24, 2.45) is 0 Å². The van der Waals surface area contributed by atoms with Gasteiger partial charge in [0.25, 0.3) is 0 Å². The maximum absolute atomic E-state index is 2.52. The standard InChI is InChI=1S/C12H15S2.3CH3.Sn/c1-2-3-4-5-6-10-9-14-11-7-8-13-12(10)11;;;;/h7,9H,2-6H2,1H3;3*1H3;. The van der Waals surface area contributed by atoms with Crippen molar-refractivity contribution in [2.75, 3.05) is 0 Å². The van der Waals surface area contributed by atoms with E-state index in [0.29, 0.717) is 0 Å². The van der Waals surface area contributed by atoms with Gasteiger partial charge in [0.1, 0.15) is 0 Å². The van der Waals surface area contributed by atoms with Crippen molar-refractivity contribution in [1.82, 2.24) is 0 Å². The Bertz CT molecular complexity index is 502. The fourth-order valence-corrected chi connectivity index (χ4v) is 10.1. The summed E-state index contributed by atoms with van der Waals surface area (Å²) in [7, 11) is 0. The quantitative estimate of drug-likeness (QED) is 0.445. The van der Waals surface area contributed by atoms with Crippen molar-refractivity contribution in [3.63, 3.8) is 0 Å². The Balaban J connectivity index is 2.12. The van der Waals surface area contributed by atoms with E-state index in [1.54, 1.807) is 17.9 Å². The summed E-state index contributed by atoms with van der Waals surface area (Å²) < 4.78 is 4.89. The Morgan fingerprint density at radius 1 is 1.11 bits per heavy atom. The third-order valence-electron chi connectivity index (χ3n) is 3.36. The average molecular weight is 387 g/mol. The monoisotopic (exact) mass is 388 g/mol. The number of fused-ring (bicyclic) bond motifs is 1. The van der Waals surface area contributed by atoms with Crippen LogP contribution < -0.4 is 2.89 Å². The molecule has 2 aromatic heterocycles. The third kappa shape index (κ3) is 3.51. The minimum absolute atomic E-state index is 1.29. The number of hydrogen-bond donors (Lipinski definition) is 0. The van der Waals surface area contributed by atoms with Crippen LogP contribution in [0.15, 0.2) is 11.4 Å². The molecule has 2 rings (SSSR count). The molecule has 0 aliphatic rings. The number of hydrogen-bond acceptors (Lipinski definition) is 2. The summed E-state index contributed by atoms with van der Waals surface area (Å²) in [6, 6.07) is 2.50. The second kappa shape index (κ2) is 6.27. The average Bonchev–Trinajstić information content (AvgIpc) is 2.84. The van der Waals surface area contributed by atoms with E-state index in [0.717, 1.165) is 0 Å². The number of rotatable bonds is 6. The van der Waals surface area contributed by atoms with Crippen LogP contribution in [0.1, 0.15) is 38.2 Å². The van der Waals surface area contributed by atoms with E-state index in [1.165, 1.54) is 32.1 Å². The summed E-state index contributed by atoms with van der Waals surface area (Å²) in [5.41, 5.74) is 1.62. The summed E-state index contributed by atoms with van der Waals surface area (Å²) in [6.07, 6.45) is 6.78. The van der Waals surface area contributed by atoms with Crippen molar-refractivity contribution in [3.8, 4) is 0 Å². The van der Waals surface area contributed by atoms with E-state index in [2.05, 4.69) is 44.5 Å². The van der Waals surface area contributed by atoms with Gasteiger partial charge < -0.3 is 0 Å². The first kappa shape index (κ1) is 14.9. The molecular weight excluding hydrogens is 363 g/mol. The third-order valence-corrected chi connectivity index (χ3v) is 15.1. The molecule has 18 heavy (non-hydrogen) atoms. The Hall–Kier alpha value is 0.459. The zero-order valence-electron chi connectivity index (χ0n) is 12.0. The normalized spacial score (nSPS) is 12.4. The van der Waals surface area contributed by atoms with Crippen molar-refractivity contribution in [3.05, 3.63) is 17.0 Å². The van der Waals surface area contributed by atoms with Gasteiger partial charge in [0, 0.05) is 0 Å². The molecule has 0 nitrogen and oxygen atoms in total. The van der Waals surface area contributed by atoms with Crippen molar-refractivity contribution in [1.29, 1.82) is 0 Å². The van der Waals surface area contributed by atoms with Crippen LogP contribution in [0.25, 0.3) is 9.40 Å². The first-order valence-electron chi connectivity index (χ1n) is 7.02. The molecule has 0 bridgehead atoms. The molecule has 100 valence electrons. The molecule has 0 aliphatic heterocycles. The molecule has 0 atom stereocenters. The van der Waals surface area contributed by atoms with Crippen LogP contribution in [0, 0.1) is 0 Å². The van der Waals surface area contributed by atoms with Crippen LogP contribution in [0.5, 0.6) is 0 Å². The molecule has 0 aromatic carbocycles. The minimum atomic E-state index is -1.85. The molecule has 3 heteroatoms. The molecule has 0 saturated carbocycles. The van der Waals surface area contributed by atoms with Crippen LogP contribution >= 0.6 is 22.7 Å². The van der Waals surface area contributed by atoms with Gasteiger partial charge in [-0.25, -0.2) is 0 Å². The zero-order valence-corrected chi connectivity index (χ0v) is 16.5. The van der Waals surface area contributed by atoms with Gasteiger partial charge >= 0.3 is 124 Å². The zero-order chi connectivity index (χ0) is 13.2. The fraction of sp³-hybridized carbons (Fsp3) is 0.600. The summed E-state index contributed by atoms with van der Waals surface area (Å²) in [5, 5.41) is 2.40. The van der Waals surface area contributed by atoms with E-state index < -0.39 is 18.4 Å². The van der Waals surface area contributed by atoms with E-state index in [-0.39, 0.29) is 0 Å². The molecule has 0 amide bonds. The summed E-state index contributed by atoms with van der Waals surface area (Å²) >= 11 is 2.22. The molecule has 2 heterocycles. The predicted octanol–water partition coefficient (Wildman–Crippen LogP) is 5.63. The molecule has 2 aromatic rings. The fourth-order valence-electron chi connectivity index (χ4n) is 2.16. The molecule has 0 aliphatic carbocycles. The summed E-state index contributed by atoms with van der Waals surface area (Å²) in [6.45, 7) is 2.28. The maximum atomic E-state index is 2.52. The Morgan fingerprint density at radius 3 is 2.56 bits per heavy atom. The van der Waals surface area contributed by atoms with Crippen LogP contribution in [0.3, 0.4) is 0 Å². The Kier molecular flexibility index (Phi) is 5.18. The number of thiophene rings is 2. The second-order valence-electron chi connectivity index (χ2n) is 6.13. The van der Waals surface area contributed by atoms with Crippen LogP contribution in [-0.2, 0) is 6.42 Å². The number of unbranched alkanes of at least 4 members (excludes halogenated alkanes) is 3. The van der Waals surface area contributed by atoms with E-state index in [9.17, 15) is 0 Å². The molecule has 0 N–H and O–H groups in total. The molecule has 0 saturated heterocycles. The van der Waals surface area contributed by atoms with Gasteiger partial charge in [-0.05, 0) is 0 Å². The molecule has 0 unspecified atom stereocenters. The van der Waals surface area contributed by atoms with Gasteiger partial charge in [-0.2, -0.15) is 0 Å². The predicted molar refractivity (Wildman–Crippen MR) is 90.5 cm³/mol. The van der Waals surface area contributed by atoms with Gasteiger partial charge in [-0.1, -0.05) is 0 Å². The van der Waals surface area contributed by atoms with Gasteiger partial charge in [0.2, 0.25) is 0 Å². The van der Waals surface area contributed by atoms with E-state index in [1.807, 2.05) is 11.3 Å². The van der Waals surface area contributed by atoms with Crippen molar-refractivity contribution < 1.29 is 0 Å². The van der Waals surface area contributed by atoms with Crippen LogP contribution in [0.4, 0.5) is 0 Å². The van der Waals surface area contributed by atoms with Crippen molar-refractivity contribution in [2.45, 2.75) is 53.8 Å². The Morgan fingerprint density at radius 2 is 1.89 bits per heavy atom. The molecular formula is C15H24S2Sn. The van der Waals surface area contributed by atoms with Gasteiger partial charge in [-0.15, -0.1) is 0 Å². The SMILES string of the molecule is CCCCCCc1csc2c[c]([Sn]([CH3])([CH3])[CH3])sc12. The first-order valence-corrected chi connectivity index (χ1v) is 18.7.